The van der Waals surface area contributed by atoms with E-state index >= 15 is 0 Å². The number of carbonyl (C=O) groups is 2. The number of hydrogen-bond acceptors (Lipinski definition) is 4. The highest BCUT2D eigenvalue weighted by atomic mass is 35.5. The van der Waals surface area contributed by atoms with Gasteiger partial charge in [-0.25, -0.2) is 4.68 Å². The summed E-state index contributed by atoms with van der Waals surface area (Å²) in [6.45, 7) is 12.5. The second-order valence-electron chi connectivity index (χ2n) is 9.90. The molecule has 0 aliphatic carbocycles. The zero-order valence-electron chi connectivity index (χ0n) is 21.9. The van der Waals surface area contributed by atoms with E-state index in [1.54, 1.807) is 28.9 Å². The molecule has 2 aromatic carbocycles. The van der Waals surface area contributed by atoms with Gasteiger partial charge in [-0.2, -0.15) is 5.10 Å². The molecule has 192 valence electrons. The van der Waals surface area contributed by atoms with E-state index in [0.29, 0.717) is 29.6 Å². The van der Waals surface area contributed by atoms with Crippen molar-refractivity contribution in [2.75, 3.05) is 25.0 Å². The lowest BCUT2D eigenvalue weighted by Crippen LogP contribution is -2.41. The maximum Gasteiger partial charge on any atom is 0.260 e. The van der Waals surface area contributed by atoms with Crippen molar-refractivity contribution in [1.82, 2.24) is 14.7 Å². The number of aryl methyl sites for hydroxylation is 1. The van der Waals surface area contributed by atoms with Crippen LogP contribution in [0.25, 0.3) is 5.69 Å². The van der Waals surface area contributed by atoms with Crippen molar-refractivity contribution in [1.29, 1.82) is 0 Å². The number of benzene rings is 2. The molecule has 3 aromatic rings. The first-order chi connectivity index (χ1) is 17.0. The molecule has 0 saturated heterocycles. The third kappa shape index (κ3) is 6.88. The van der Waals surface area contributed by atoms with Gasteiger partial charge in [0.1, 0.15) is 18.1 Å². The van der Waals surface area contributed by atoms with Crippen molar-refractivity contribution in [2.45, 2.75) is 53.4 Å². The van der Waals surface area contributed by atoms with Crippen molar-refractivity contribution in [3.8, 4) is 11.4 Å². The highest BCUT2D eigenvalue weighted by Gasteiger charge is 2.23. The van der Waals surface area contributed by atoms with E-state index in [0.717, 1.165) is 22.5 Å². The third-order valence-corrected chi connectivity index (χ3v) is 6.16. The molecule has 0 radical (unpaired) electrons. The minimum atomic E-state index is -0.296. The van der Waals surface area contributed by atoms with Crippen molar-refractivity contribution >= 4 is 29.2 Å². The summed E-state index contributed by atoms with van der Waals surface area (Å²) in [6, 6.07) is 14.7. The Balaban J connectivity index is 1.77. The topological polar surface area (TPSA) is 76.5 Å². The van der Waals surface area contributed by atoms with Crippen LogP contribution in [0.5, 0.6) is 5.75 Å². The average molecular weight is 511 g/mol. The Morgan fingerprint density at radius 1 is 1.11 bits per heavy atom. The van der Waals surface area contributed by atoms with Crippen LogP contribution in [-0.4, -0.2) is 46.2 Å². The Labute approximate surface area is 218 Å². The highest BCUT2D eigenvalue weighted by molar-refractivity contribution is 6.30. The van der Waals surface area contributed by atoms with Gasteiger partial charge in [0.15, 0.2) is 6.61 Å². The molecule has 8 heteroatoms. The van der Waals surface area contributed by atoms with Crippen LogP contribution in [0.15, 0.2) is 48.5 Å². The summed E-state index contributed by atoms with van der Waals surface area (Å²) in [4.78, 5) is 27.5. The largest absolute Gasteiger partial charge is 0.484 e. The Hall–Kier alpha value is -3.32. The van der Waals surface area contributed by atoms with Gasteiger partial charge >= 0.3 is 0 Å². The fourth-order valence-corrected chi connectivity index (χ4v) is 3.80. The van der Waals surface area contributed by atoms with Gasteiger partial charge in [-0.05, 0) is 61.7 Å². The lowest BCUT2D eigenvalue weighted by Gasteiger charge is -2.22. The number of carbonyl (C=O) groups excluding carboxylic acids is 2. The maximum absolute atomic E-state index is 13.1. The minimum Gasteiger partial charge on any atom is -0.484 e. The second kappa shape index (κ2) is 11.6. The fourth-order valence-electron chi connectivity index (χ4n) is 3.67. The quantitative estimate of drug-likeness (QED) is 0.401. The molecule has 0 atom stereocenters. The van der Waals surface area contributed by atoms with E-state index in [1.165, 1.54) is 4.90 Å². The molecule has 3 rings (SSSR count). The summed E-state index contributed by atoms with van der Waals surface area (Å²) in [5.41, 5.74) is 3.78. The van der Waals surface area contributed by atoms with E-state index in [-0.39, 0.29) is 30.4 Å². The van der Waals surface area contributed by atoms with Gasteiger partial charge in [-0.3, -0.25) is 9.59 Å². The molecule has 0 aliphatic rings. The van der Waals surface area contributed by atoms with Crippen LogP contribution in [0.1, 0.15) is 50.9 Å². The molecule has 0 saturated carbocycles. The van der Waals surface area contributed by atoms with Gasteiger partial charge in [0.25, 0.3) is 5.91 Å². The van der Waals surface area contributed by atoms with E-state index in [4.69, 9.17) is 21.4 Å². The average Bonchev–Trinajstić information content (AvgIpc) is 3.24. The zero-order valence-corrected chi connectivity index (χ0v) is 22.6. The number of anilines is 1. The summed E-state index contributed by atoms with van der Waals surface area (Å²) in [7, 11) is 0. The highest BCUT2D eigenvalue weighted by Crippen LogP contribution is 2.28. The predicted octanol–water partition coefficient (Wildman–Crippen LogP) is 5.70. The fraction of sp³-hybridized carbons (Fsp3) is 0.393. The molecule has 2 amide bonds. The molecular weight excluding hydrogens is 476 g/mol. The van der Waals surface area contributed by atoms with Crippen LogP contribution in [-0.2, 0) is 15.0 Å². The van der Waals surface area contributed by atoms with Crippen LogP contribution in [0.3, 0.4) is 0 Å². The number of aromatic nitrogens is 2. The van der Waals surface area contributed by atoms with E-state index < -0.39 is 0 Å². The summed E-state index contributed by atoms with van der Waals surface area (Å²) in [6.07, 6.45) is 0.717. The molecule has 0 fully saturated rings. The zero-order chi connectivity index (χ0) is 26.5. The van der Waals surface area contributed by atoms with Crippen molar-refractivity contribution < 1.29 is 14.3 Å². The first-order valence-electron chi connectivity index (χ1n) is 12.1. The molecule has 36 heavy (non-hydrogen) atoms. The molecule has 0 aliphatic heterocycles. The van der Waals surface area contributed by atoms with Crippen LogP contribution in [0.2, 0.25) is 5.02 Å². The molecule has 1 N–H and O–H groups in total. The molecular formula is C28H35ClN4O3. The number of halogens is 1. The summed E-state index contributed by atoms with van der Waals surface area (Å²) >= 11 is 5.90. The van der Waals surface area contributed by atoms with Gasteiger partial charge in [0, 0.05) is 23.0 Å². The monoisotopic (exact) mass is 510 g/mol. The van der Waals surface area contributed by atoms with Crippen LogP contribution in [0, 0.1) is 13.8 Å². The molecule has 7 nitrogen and oxygen atoms in total. The third-order valence-electron chi connectivity index (χ3n) is 5.91. The smallest absolute Gasteiger partial charge is 0.260 e. The first-order valence-corrected chi connectivity index (χ1v) is 12.5. The molecule has 1 heterocycles. The molecule has 1 aromatic heterocycles. The number of nitrogens with one attached hydrogen (secondary N) is 1. The van der Waals surface area contributed by atoms with Crippen LogP contribution >= 0.6 is 11.6 Å². The number of rotatable bonds is 9. The van der Waals surface area contributed by atoms with Gasteiger partial charge in [0.2, 0.25) is 5.91 Å². The molecule has 0 bridgehead atoms. The number of hydrogen-bond donors (Lipinski definition) is 1. The van der Waals surface area contributed by atoms with E-state index in [1.807, 2.05) is 45.0 Å². The van der Waals surface area contributed by atoms with Crippen molar-refractivity contribution in [3.63, 3.8) is 0 Å². The SMILES string of the molecule is CCCN(CC(=O)Nc1cc(C(C)(C)C)nn1-c1cccc(C)c1C)C(=O)COc1ccc(Cl)cc1. The normalized spacial score (nSPS) is 11.3. The summed E-state index contributed by atoms with van der Waals surface area (Å²) < 4.78 is 7.37. The number of nitrogens with zero attached hydrogens (tertiary/aromatic N) is 3. The van der Waals surface area contributed by atoms with E-state index in [9.17, 15) is 9.59 Å². The lowest BCUT2D eigenvalue weighted by molar-refractivity contribution is -0.136. The lowest BCUT2D eigenvalue weighted by atomic mass is 9.92. The Bertz CT molecular complexity index is 1210. The first kappa shape index (κ1) is 27.3. The standard InChI is InChI=1S/C28H35ClN4O3/c1-7-15-32(27(35)18-36-22-13-11-21(29)12-14-22)17-26(34)30-25-16-24(28(4,5)6)31-33(25)23-10-8-9-19(2)20(23)3/h8-14,16H,7,15,17-18H2,1-6H3,(H,30,34). The van der Waals surface area contributed by atoms with Gasteiger partial charge in [-0.15, -0.1) is 0 Å². The number of ether oxygens (including phenoxy) is 1. The van der Waals surface area contributed by atoms with Crippen molar-refractivity contribution in [3.05, 3.63) is 70.4 Å². The van der Waals surface area contributed by atoms with Gasteiger partial charge in [0.05, 0.1) is 11.4 Å². The Kier molecular flexibility index (Phi) is 8.79. The molecule has 0 spiro atoms. The molecule has 0 unspecified atom stereocenters. The van der Waals surface area contributed by atoms with Crippen LogP contribution < -0.4 is 10.1 Å². The Morgan fingerprint density at radius 3 is 2.44 bits per heavy atom. The number of amides is 2. The van der Waals surface area contributed by atoms with Gasteiger partial charge in [-0.1, -0.05) is 51.4 Å². The summed E-state index contributed by atoms with van der Waals surface area (Å²) in [5.74, 6) is 0.552. The van der Waals surface area contributed by atoms with Gasteiger partial charge < -0.3 is 15.0 Å². The van der Waals surface area contributed by atoms with Crippen LogP contribution in [0.4, 0.5) is 5.82 Å². The van der Waals surface area contributed by atoms with E-state index in [2.05, 4.69) is 26.1 Å². The maximum atomic E-state index is 13.1. The Morgan fingerprint density at radius 2 is 1.81 bits per heavy atom. The predicted molar refractivity (Wildman–Crippen MR) is 144 cm³/mol. The minimum absolute atomic E-state index is 0.0838. The van der Waals surface area contributed by atoms with Crippen molar-refractivity contribution in [2.24, 2.45) is 0 Å². The second-order valence-corrected chi connectivity index (χ2v) is 10.3. The summed E-state index contributed by atoms with van der Waals surface area (Å²) in [5, 5.41) is 8.39.